The first-order chi connectivity index (χ1) is 10.2. The molecule has 2 rings (SSSR count). The molecule has 2 aromatic heterocycles. The summed E-state index contributed by atoms with van der Waals surface area (Å²) in [5.41, 5.74) is 2.23. The molecule has 21 heavy (non-hydrogen) atoms. The van der Waals surface area contributed by atoms with Crippen LogP contribution in [0.4, 0.5) is 0 Å². The Morgan fingerprint density at radius 2 is 2.19 bits per heavy atom. The molecule has 0 aliphatic heterocycles. The average molecular weight is 307 g/mol. The Balaban J connectivity index is 1.75. The van der Waals surface area contributed by atoms with Gasteiger partial charge >= 0.3 is 0 Å². The molecule has 2 heterocycles. The van der Waals surface area contributed by atoms with Crippen molar-refractivity contribution in [3.8, 4) is 0 Å². The number of aromatic nitrogens is 3. The van der Waals surface area contributed by atoms with E-state index in [1.807, 2.05) is 23.9 Å². The number of aliphatic imine (C=N–C) groups is 1. The monoisotopic (exact) mass is 306 g/mol. The van der Waals surface area contributed by atoms with Crippen molar-refractivity contribution in [2.75, 3.05) is 13.6 Å². The first-order valence-corrected chi connectivity index (χ1v) is 7.08. The zero-order valence-corrected chi connectivity index (χ0v) is 12.9. The quantitative estimate of drug-likeness (QED) is 0.497. The first-order valence-electron chi connectivity index (χ1n) is 6.71. The van der Waals surface area contributed by atoms with E-state index in [1.54, 1.807) is 25.5 Å². The summed E-state index contributed by atoms with van der Waals surface area (Å²) in [6.07, 6.45) is 4.42. The van der Waals surface area contributed by atoms with E-state index in [2.05, 4.69) is 25.7 Å². The molecule has 2 aromatic rings. The lowest BCUT2D eigenvalue weighted by atomic mass is 10.2. The van der Waals surface area contributed by atoms with E-state index in [0.29, 0.717) is 11.7 Å². The van der Waals surface area contributed by atoms with Crippen LogP contribution < -0.4 is 10.6 Å². The maximum absolute atomic E-state index is 5.76. The number of rotatable bonds is 5. The largest absolute Gasteiger partial charge is 0.356 e. The molecule has 0 saturated heterocycles. The van der Waals surface area contributed by atoms with Crippen LogP contribution in [0.1, 0.15) is 11.3 Å². The Labute approximate surface area is 129 Å². The molecule has 0 radical (unpaired) electrons. The van der Waals surface area contributed by atoms with Crippen LogP contribution in [-0.4, -0.2) is 34.3 Å². The van der Waals surface area contributed by atoms with Gasteiger partial charge in [0.25, 0.3) is 0 Å². The predicted octanol–water partition coefficient (Wildman–Crippen LogP) is 1.38. The molecule has 0 amide bonds. The van der Waals surface area contributed by atoms with E-state index in [0.717, 1.165) is 30.2 Å². The number of nitrogens with one attached hydrogen (secondary N) is 2. The summed E-state index contributed by atoms with van der Waals surface area (Å²) in [6, 6.07) is 5.74. The fourth-order valence-corrected chi connectivity index (χ4v) is 1.96. The normalized spacial score (nSPS) is 11.5. The highest BCUT2D eigenvalue weighted by Crippen LogP contribution is 2.05. The Bertz CT molecular complexity index is 590. The van der Waals surface area contributed by atoms with Crippen LogP contribution in [0.3, 0.4) is 0 Å². The average Bonchev–Trinajstić information content (AvgIpc) is 2.90. The van der Waals surface area contributed by atoms with E-state index in [1.165, 1.54) is 0 Å². The molecule has 2 N–H and O–H groups in total. The minimum Gasteiger partial charge on any atom is -0.356 e. The van der Waals surface area contributed by atoms with Gasteiger partial charge in [-0.3, -0.25) is 9.67 Å². The standard InChI is InChI=1S/C14H19ClN6/c1-16-14(19-10-12-6-8-20-21(12)2)17-7-5-11-3-4-13(15)18-9-11/h3-4,6,8-9H,5,7,10H2,1-2H3,(H2,16,17,19). The van der Waals surface area contributed by atoms with Crippen molar-refractivity contribution >= 4 is 17.6 Å². The van der Waals surface area contributed by atoms with Gasteiger partial charge in [0.05, 0.1) is 12.2 Å². The molecule has 6 nitrogen and oxygen atoms in total. The lowest BCUT2D eigenvalue weighted by Gasteiger charge is -2.12. The second-order valence-electron chi connectivity index (χ2n) is 4.54. The van der Waals surface area contributed by atoms with Crippen molar-refractivity contribution < 1.29 is 0 Å². The molecule has 7 heteroatoms. The van der Waals surface area contributed by atoms with Crippen LogP contribution in [0.2, 0.25) is 5.15 Å². The molecular formula is C14H19ClN6. The lowest BCUT2D eigenvalue weighted by Crippen LogP contribution is -2.38. The van der Waals surface area contributed by atoms with Crippen molar-refractivity contribution in [1.29, 1.82) is 0 Å². The number of guanidine groups is 1. The summed E-state index contributed by atoms with van der Waals surface area (Å²) in [5, 5.41) is 11.2. The fraction of sp³-hybridized carbons (Fsp3) is 0.357. The van der Waals surface area contributed by atoms with Gasteiger partial charge in [0.15, 0.2) is 5.96 Å². The predicted molar refractivity (Wildman–Crippen MR) is 84.4 cm³/mol. The summed E-state index contributed by atoms with van der Waals surface area (Å²) in [6.45, 7) is 1.45. The van der Waals surface area contributed by atoms with Crippen LogP contribution in [0.5, 0.6) is 0 Å². The number of aryl methyl sites for hydroxylation is 1. The summed E-state index contributed by atoms with van der Waals surface area (Å²) in [5.74, 6) is 0.762. The third kappa shape index (κ3) is 4.75. The number of hydrogen-bond donors (Lipinski definition) is 2. The molecule has 0 aromatic carbocycles. The second kappa shape index (κ2) is 7.64. The van der Waals surface area contributed by atoms with Gasteiger partial charge in [-0.25, -0.2) is 4.98 Å². The van der Waals surface area contributed by atoms with Crippen LogP contribution in [0, 0.1) is 0 Å². The molecule has 112 valence electrons. The molecule has 0 fully saturated rings. The summed E-state index contributed by atoms with van der Waals surface area (Å²) in [7, 11) is 3.67. The Kier molecular flexibility index (Phi) is 5.57. The van der Waals surface area contributed by atoms with Crippen molar-refractivity contribution in [2.24, 2.45) is 12.0 Å². The minimum atomic E-state index is 0.514. The molecular weight excluding hydrogens is 288 g/mol. The second-order valence-corrected chi connectivity index (χ2v) is 4.93. The van der Waals surface area contributed by atoms with Gasteiger partial charge in [-0.1, -0.05) is 17.7 Å². The highest BCUT2D eigenvalue weighted by Gasteiger charge is 2.01. The van der Waals surface area contributed by atoms with Crippen molar-refractivity contribution in [3.63, 3.8) is 0 Å². The molecule has 0 atom stereocenters. The smallest absolute Gasteiger partial charge is 0.191 e. The minimum absolute atomic E-state index is 0.514. The van der Waals surface area contributed by atoms with Gasteiger partial charge in [-0.05, 0) is 24.1 Å². The molecule has 0 saturated carbocycles. The van der Waals surface area contributed by atoms with Gasteiger partial charge in [0, 0.05) is 33.0 Å². The van der Waals surface area contributed by atoms with Crippen molar-refractivity contribution in [3.05, 3.63) is 47.0 Å². The number of nitrogens with zero attached hydrogens (tertiary/aromatic N) is 4. The SMILES string of the molecule is CN=C(NCCc1ccc(Cl)nc1)NCc1ccnn1C. The number of pyridine rings is 1. The number of hydrogen-bond acceptors (Lipinski definition) is 3. The number of halogens is 1. The van der Waals surface area contributed by atoms with Gasteiger partial charge < -0.3 is 10.6 Å². The maximum atomic E-state index is 5.76. The zero-order chi connectivity index (χ0) is 15.1. The summed E-state index contributed by atoms with van der Waals surface area (Å²) >= 11 is 5.76. The van der Waals surface area contributed by atoms with Gasteiger partial charge in [-0.2, -0.15) is 5.10 Å². The fourth-order valence-electron chi connectivity index (χ4n) is 1.85. The zero-order valence-electron chi connectivity index (χ0n) is 12.2. The highest BCUT2D eigenvalue weighted by molar-refractivity contribution is 6.29. The third-order valence-corrected chi connectivity index (χ3v) is 3.30. The molecule has 0 spiro atoms. The first kappa shape index (κ1) is 15.3. The van der Waals surface area contributed by atoms with E-state index in [9.17, 15) is 0 Å². The van der Waals surface area contributed by atoms with E-state index < -0.39 is 0 Å². The lowest BCUT2D eigenvalue weighted by molar-refractivity contribution is 0.684. The van der Waals surface area contributed by atoms with Gasteiger partial charge in [-0.15, -0.1) is 0 Å². The topological polar surface area (TPSA) is 67.1 Å². The van der Waals surface area contributed by atoms with Gasteiger partial charge in [0.2, 0.25) is 0 Å². The molecule has 0 bridgehead atoms. The van der Waals surface area contributed by atoms with E-state index in [-0.39, 0.29) is 0 Å². The Morgan fingerprint density at radius 3 is 2.81 bits per heavy atom. The Morgan fingerprint density at radius 1 is 1.33 bits per heavy atom. The van der Waals surface area contributed by atoms with Crippen LogP contribution in [0.25, 0.3) is 0 Å². The van der Waals surface area contributed by atoms with E-state index in [4.69, 9.17) is 11.6 Å². The highest BCUT2D eigenvalue weighted by atomic mass is 35.5. The summed E-state index contributed by atoms with van der Waals surface area (Å²) in [4.78, 5) is 8.25. The van der Waals surface area contributed by atoms with Crippen molar-refractivity contribution in [1.82, 2.24) is 25.4 Å². The molecule has 0 aliphatic carbocycles. The molecule has 0 aliphatic rings. The van der Waals surface area contributed by atoms with Crippen LogP contribution >= 0.6 is 11.6 Å². The third-order valence-electron chi connectivity index (χ3n) is 3.08. The Hall–Kier alpha value is -2.08. The molecule has 0 unspecified atom stereocenters. The van der Waals surface area contributed by atoms with Crippen molar-refractivity contribution in [2.45, 2.75) is 13.0 Å². The van der Waals surface area contributed by atoms with E-state index >= 15 is 0 Å². The van der Waals surface area contributed by atoms with Crippen LogP contribution in [-0.2, 0) is 20.0 Å². The van der Waals surface area contributed by atoms with Gasteiger partial charge in [0.1, 0.15) is 5.15 Å². The maximum Gasteiger partial charge on any atom is 0.191 e. The summed E-state index contributed by atoms with van der Waals surface area (Å²) < 4.78 is 1.83. The van der Waals surface area contributed by atoms with Crippen LogP contribution in [0.15, 0.2) is 35.6 Å².